The van der Waals surface area contributed by atoms with Gasteiger partial charge in [-0.3, -0.25) is 9.59 Å². The highest BCUT2D eigenvalue weighted by Crippen LogP contribution is 2.61. The predicted molar refractivity (Wildman–Crippen MR) is 175 cm³/mol. The first-order valence-electron chi connectivity index (χ1n) is 15.8. The first-order chi connectivity index (χ1) is 23.3. The molecular weight excluding hydrogens is 689 g/mol. The van der Waals surface area contributed by atoms with E-state index in [0.717, 1.165) is 68.4 Å². The summed E-state index contributed by atoms with van der Waals surface area (Å²) in [5, 5.41) is 15.9. The maximum absolute atomic E-state index is 14.0. The number of hydrogen-bond donors (Lipinski definition) is 3. The number of aliphatic hydroxyl groups is 1. The predicted octanol–water partition coefficient (Wildman–Crippen LogP) is 9.95. The molecule has 0 atom stereocenters. The normalized spacial score (nSPS) is 20.9. The number of nitrogens with one attached hydrogen (secondary N) is 2. The van der Waals surface area contributed by atoms with Crippen molar-refractivity contribution in [2.24, 2.45) is 5.41 Å². The Bertz CT molecular complexity index is 1970. The van der Waals surface area contributed by atoms with Crippen LogP contribution in [0.1, 0.15) is 89.1 Å². The van der Waals surface area contributed by atoms with Crippen LogP contribution in [0.15, 0.2) is 54.6 Å². The van der Waals surface area contributed by atoms with Crippen molar-refractivity contribution in [3.63, 3.8) is 0 Å². The van der Waals surface area contributed by atoms with Gasteiger partial charge in [0.1, 0.15) is 16.4 Å². The van der Waals surface area contributed by atoms with Gasteiger partial charge in [-0.1, -0.05) is 12.1 Å². The minimum absolute atomic E-state index is 0.0188. The highest BCUT2D eigenvalue weighted by Gasteiger charge is 2.55. The third-order valence-electron chi connectivity index (χ3n) is 10.6. The number of carbonyl (C=O) groups is 2. The van der Waals surface area contributed by atoms with Crippen molar-refractivity contribution in [2.75, 3.05) is 17.7 Å². The second kappa shape index (κ2) is 12.3. The van der Waals surface area contributed by atoms with Crippen LogP contribution in [0.2, 0.25) is 0 Å². The van der Waals surface area contributed by atoms with Gasteiger partial charge in [-0.25, -0.2) is 4.39 Å². The van der Waals surface area contributed by atoms with Crippen molar-refractivity contribution in [3.05, 3.63) is 87.5 Å². The minimum Gasteiger partial charge on any atom is -0.496 e. The smallest absolute Gasteiger partial charge is 0.419 e. The SMILES string of the molecule is COc1ccc(C23CCC(C(C)(C)O)(CC2)CC3)cc1C(=O)Nc1c(C(=O)Nc2ccc(F)c(C(F)(F)F)c2)sc2cc(C(F)(F)F)ccc12. The maximum Gasteiger partial charge on any atom is 0.419 e. The van der Waals surface area contributed by atoms with Crippen LogP contribution in [0.5, 0.6) is 5.75 Å². The van der Waals surface area contributed by atoms with E-state index >= 15 is 0 Å². The van der Waals surface area contributed by atoms with Gasteiger partial charge in [0.25, 0.3) is 11.8 Å². The summed E-state index contributed by atoms with van der Waals surface area (Å²) in [6.07, 6.45) is -4.97. The molecule has 266 valence electrons. The van der Waals surface area contributed by atoms with E-state index in [0.29, 0.717) is 23.5 Å². The summed E-state index contributed by atoms with van der Waals surface area (Å²) in [4.78, 5) is 27.2. The number of ether oxygens (including phenoxy) is 1. The minimum atomic E-state index is -5.06. The van der Waals surface area contributed by atoms with Crippen molar-refractivity contribution in [1.29, 1.82) is 0 Å². The van der Waals surface area contributed by atoms with Crippen LogP contribution in [0.25, 0.3) is 10.1 Å². The molecule has 3 aromatic carbocycles. The third kappa shape index (κ3) is 6.32. The molecule has 3 saturated carbocycles. The lowest BCUT2D eigenvalue weighted by Gasteiger charge is -2.58. The van der Waals surface area contributed by atoms with E-state index in [-0.39, 0.29) is 42.8 Å². The van der Waals surface area contributed by atoms with Crippen LogP contribution in [-0.2, 0) is 17.8 Å². The fourth-order valence-corrected chi connectivity index (χ4v) is 8.59. The molecule has 6 nitrogen and oxygen atoms in total. The molecule has 50 heavy (non-hydrogen) atoms. The lowest BCUT2D eigenvalue weighted by atomic mass is 9.48. The Labute approximate surface area is 286 Å². The fourth-order valence-electron chi connectivity index (χ4n) is 7.50. The van der Waals surface area contributed by atoms with Gasteiger partial charge in [0.05, 0.1) is 35.1 Å². The summed E-state index contributed by atoms with van der Waals surface area (Å²) in [6.45, 7) is 3.68. The van der Waals surface area contributed by atoms with Gasteiger partial charge in [-0.05, 0) is 111 Å². The van der Waals surface area contributed by atoms with Gasteiger partial charge in [0, 0.05) is 15.8 Å². The van der Waals surface area contributed by atoms with Gasteiger partial charge in [0.2, 0.25) is 0 Å². The molecule has 3 N–H and O–H groups in total. The number of thiophene rings is 1. The Kier molecular flexibility index (Phi) is 8.74. The largest absolute Gasteiger partial charge is 0.496 e. The number of carbonyl (C=O) groups excluding carboxylic acids is 2. The monoisotopic (exact) mass is 722 g/mol. The number of amides is 2. The molecule has 0 spiro atoms. The molecule has 14 heteroatoms. The van der Waals surface area contributed by atoms with Crippen LogP contribution in [0, 0.1) is 11.2 Å². The number of fused-ring (bicyclic) bond motifs is 4. The van der Waals surface area contributed by atoms with E-state index in [1.807, 2.05) is 19.9 Å². The number of methoxy groups -OCH3 is 1. The summed E-state index contributed by atoms with van der Waals surface area (Å²) in [6, 6.07) is 9.82. The molecule has 0 radical (unpaired) electrons. The highest BCUT2D eigenvalue weighted by atomic mass is 32.1. The Morgan fingerprint density at radius 3 is 2.06 bits per heavy atom. The summed E-state index contributed by atoms with van der Waals surface area (Å²) in [5.74, 6) is -3.11. The average Bonchev–Trinajstić information content (AvgIpc) is 3.42. The number of hydrogen-bond acceptors (Lipinski definition) is 5. The molecule has 3 aliphatic carbocycles. The van der Waals surface area contributed by atoms with E-state index in [2.05, 4.69) is 10.6 Å². The lowest BCUT2D eigenvalue weighted by molar-refractivity contribution is -0.140. The van der Waals surface area contributed by atoms with E-state index in [4.69, 9.17) is 4.74 Å². The van der Waals surface area contributed by atoms with Gasteiger partial charge in [-0.15, -0.1) is 11.3 Å². The number of rotatable bonds is 7. The van der Waals surface area contributed by atoms with Crippen molar-refractivity contribution in [3.8, 4) is 5.75 Å². The molecule has 0 unspecified atom stereocenters. The average molecular weight is 723 g/mol. The van der Waals surface area contributed by atoms with Gasteiger partial charge < -0.3 is 20.5 Å². The van der Waals surface area contributed by atoms with Crippen LogP contribution in [0.3, 0.4) is 0 Å². The van der Waals surface area contributed by atoms with E-state index < -0.39 is 52.4 Å². The molecule has 1 heterocycles. The molecule has 0 aliphatic heterocycles. The first-order valence-corrected chi connectivity index (χ1v) is 16.6. The Balaban J connectivity index is 1.37. The van der Waals surface area contributed by atoms with Crippen LogP contribution >= 0.6 is 11.3 Å². The second-order valence-corrected chi connectivity index (χ2v) is 14.7. The molecule has 2 amide bonds. The molecule has 2 bridgehead atoms. The summed E-state index contributed by atoms with van der Waals surface area (Å²) >= 11 is 0.602. The molecule has 3 aliphatic rings. The zero-order valence-corrected chi connectivity index (χ0v) is 28.0. The topological polar surface area (TPSA) is 87.7 Å². The summed E-state index contributed by atoms with van der Waals surface area (Å²) in [7, 11) is 1.37. The summed E-state index contributed by atoms with van der Waals surface area (Å²) in [5.41, 5.74) is -3.47. The lowest BCUT2D eigenvalue weighted by Crippen LogP contribution is -2.53. The maximum atomic E-state index is 14.0. The van der Waals surface area contributed by atoms with Crippen molar-refractivity contribution < 1.29 is 50.2 Å². The number of halogens is 7. The first kappa shape index (κ1) is 35.6. The summed E-state index contributed by atoms with van der Waals surface area (Å²) < 4.78 is 100. The van der Waals surface area contributed by atoms with Crippen molar-refractivity contribution in [1.82, 2.24) is 0 Å². The van der Waals surface area contributed by atoms with Gasteiger partial charge in [-0.2, -0.15) is 26.3 Å². The zero-order valence-electron chi connectivity index (χ0n) is 27.2. The Hall–Kier alpha value is -4.17. The number of benzene rings is 3. The van der Waals surface area contributed by atoms with Crippen LogP contribution in [-0.4, -0.2) is 29.6 Å². The van der Waals surface area contributed by atoms with Crippen LogP contribution < -0.4 is 15.4 Å². The zero-order chi connectivity index (χ0) is 36.4. The quantitative estimate of drug-likeness (QED) is 0.166. The van der Waals surface area contributed by atoms with Crippen LogP contribution in [0.4, 0.5) is 42.1 Å². The molecule has 7 rings (SSSR count). The highest BCUT2D eigenvalue weighted by molar-refractivity contribution is 7.21. The number of anilines is 2. The molecule has 0 saturated heterocycles. The van der Waals surface area contributed by atoms with E-state index in [9.17, 15) is 45.4 Å². The van der Waals surface area contributed by atoms with E-state index in [1.54, 1.807) is 12.1 Å². The third-order valence-corrected chi connectivity index (χ3v) is 11.7. The number of alkyl halides is 6. The van der Waals surface area contributed by atoms with Crippen molar-refractivity contribution in [2.45, 2.75) is 75.7 Å². The van der Waals surface area contributed by atoms with Crippen molar-refractivity contribution >= 4 is 44.6 Å². The molecule has 4 aromatic rings. The Morgan fingerprint density at radius 2 is 1.48 bits per heavy atom. The van der Waals surface area contributed by atoms with Gasteiger partial charge >= 0.3 is 12.4 Å². The molecular formula is C36H33F7N2O4S. The van der Waals surface area contributed by atoms with Gasteiger partial charge in [0.15, 0.2) is 0 Å². The van der Waals surface area contributed by atoms with E-state index in [1.165, 1.54) is 7.11 Å². The second-order valence-electron chi connectivity index (χ2n) is 13.7. The molecule has 1 aromatic heterocycles. The Morgan fingerprint density at radius 1 is 0.820 bits per heavy atom. The molecule has 3 fully saturated rings. The standard InChI is InChI=1S/C36H33F7N2O4S/c1-32(2,48)34-13-10-33(11-14-34,12-15-34)19-5-9-26(49-3)23(16-19)30(46)45-28-22-7-4-20(35(38,39)40)17-27(22)50-29(28)31(47)44-21-6-8-25(37)24(18-21)36(41,42)43/h4-9,16-18,48H,10-15H2,1-3H3,(H,44,47)(H,45,46). The fraction of sp³-hybridized carbons (Fsp3) is 0.389.